The quantitative estimate of drug-likeness (QED) is 0.442. The minimum absolute atomic E-state index is 0.0394. The highest BCUT2D eigenvalue weighted by Gasteiger charge is 2.13. The average molecular weight is 410 g/mol. The second-order valence-electron chi connectivity index (χ2n) is 6.02. The van der Waals surface area contributed by atoms with E-state index in [-0.39, 0.29) is 22.1 Å². The molecule has 1 heterocycles. The number of benzene rings is 2. The van der Waals surface area contributed by atoms with Crippen LogP contribution in [-0.2, 0) is 4.79 Å². The van der Waals surface area contributed by atoms with Gasteiger partial charge in [0.25, 0.3) is 5.56 Å². The number of nitrogens with one attached hydrogen (secondary N) is 2. The number of carbonyl (C=O) groups excluding carboxylic acids is 1. The minimum Gasteiger partial charge on any atom is -0.497 e. The first-order valence-electron chi connectivity index (χ1n) is 8.53. The van der Waals surface area contributed by atoms with Crippen LogP contribution in [0.2, 0.25) is 0 Å². The van der Waals surface area contributed by atoms with Gasteiger partial charge in [0.05, 0.1) is 18.5 Å². The lowest BCUT2D eigenvalue weighted by Gasteiger charge is -2.12. The summed E-state index contributed by atoms with van der Waals surface area (Å²) in [4.78, 5) is 30.1. The van der Waals surface area contributed by atoms with Crippen LogP contribution in [0.1, 0.15) is 12.5 Å². The molecule has 1 amide bonds. The summed E-state index contributed by atoms with van der Waals surface area (Å²) in [6.07, 6.45) is 1.26. The summed E-state index contributed by atoms with van der Waals surface area (Å²) in [5.74, 6) is 0.0545. The van der Waals surface area contributed by atoms with E-state index in [1.165, 1.54) is 24.8 Å². The fraction of sp³-hybridized carbons (Fsp3) is 0.100. The molecule has 8 nitrogen and oxygen atoms in total. The molecule has 0 atom stereocenters. The number of amides is 1. The molecular formula is C20H18N4O4S. The van der Waals surface area contributed by atoms with E-state index in [4.69, 9.17) is 17.0 Å². The molecule has 0 saturated carbocycles. The molecule has 0 bridgehead atoms. The smallest absolute Gasteiger partial charge is 0.264 e. The van der Waals surface area contributed by atoms with E-state index in [9.17, 15) is 14.7 Å². The number of aromatic hydroxyl groups is 1. The van der Waals surface area contributed by atoms with Gasteiger partial charge in [-0.25, -0.2) is 0 Å². The number of aromatic nitrogens is 2. The summed E-state index contributed by atoms with van der Waals surface area (Å²) in [6.45, 7) is 1.42. The van der Waals surface area contributed by atoms with Crippen molar-refractivity contribution in [3.8, 4) is 17.3 Å². The standard InChI is InChI=1S/C20H18N4O4S/c1-12(25)22-14-8-6-13(7-9-14)21-11-17-18(26)23-20(29)24(19(17)27)15-4-3-5-16(10-15)28-2/h3-11,27H,1-2H3,(H,22,25)(H,23,26,29). The van der Waals surface area contributed by atoms with Gasteiger partial charge in [0, 0.05) is 24.9 Å². The fourth-order valence-corrected chi connectivity index (χ4v) is 2.90. The molecule has 1 aromatic heterocycles. The van der Waals surface area contributed by atoms with Crippen molar-refractivity contribution in [1.82, 2.24) is 9.55 Å². The van der Waals surface area contributed by atoms with Gasteiger partial charge in [-0.3, -0.25) is 24.1 Å². The van der Waals surface area contributed by atoms with Gasteiger partial charge in [0.1, 0.15) is 11.3 Å². The molecule has 3 aromatic rings. The lowest BCUT2D eigenvalue weighted by molar-refractivity contribution is -0.114. The van der Waals surface area contributed by atoms with Crippen LogP contribution in [0.4, 0.5) is 11.4 Å². The summed E-state index contributed by atoms with van der Waals surface area (Å²) in [5, 5.41) is 13.3. The zero-order valence-electron chi connectivity index (χ0n) is 15.7. The molecule has 0 aliphatic heterocycles. The lowest BCUT2D eigenvalue weighted by Crippen LogP contribution is -2.18. The Morgan fingerprint density at radius 2 is 2.00 bits per heavy atom. The highest BCUT2D eigenvalue weighted by atomic mass is 32.1. The number of rotatable bonds is 5. The Morgan fingerprint density at radius 1 is 1.28 bits per heavy atom. The summed E-state index contributed by atoms with van der Waals surface area (Å²) in [6, 6.07) is 13.6. The van der Waals surface area contributed by atoms with Crippen LogP contribution in [0.25, 0.3) is 5.69 Å². The molecule has 2 aromatic carbocycles. The molecule has 3 rings (SSSR count). The molecule has 0 radical (unpaired) electrons. The molecule has 3 N–H and O–H groups in total. The number of aromatic amines is 1. The van der Waals surface area contributed by atoms with Gasteiger partial charge < -0.3 is 15.2 Å². The lowest BCUT2D eigenvalue weighted by atomic mass is 10.2. The average Bonchev–Trinajstić information content (AvgIpc) is 2.68. The minimum atomic E-state index is -0.565. The van der Waals surface area contributed by atoms with E-state index in [1.54, 1.807) is 48.5 Å². The third-order valence-electron chi connectivity index (χ3n) is 3.96. The fourth-order valence-electron chi connectivity index (χ4n) is 2.62. The Hall–Kier alpha value is -3.72. The van der Waals surface area contributed by atoms with E-state index >= 15 is 0 Å². The first kappa shape index (κ1) is 20.0. The van der Waals surface area contributed by atoms with Crippen molar-refractivity contribution in [2.45, 2.75) is 6.92 Å². The number of hydrogen-bond donors (Lipinski definition) is 3. The highest BCUT2D eigenvalue weighted by Crippen LogP contribution is 2.23. The predicted molar refractivity (Wildman–Crippen MR) is 113 cm³/mol. The third kappa shape index (κ3) is 4.58. The number of hydrogen-bond acceptors (Lipinski definition) is 6. The Labute approximate surface area is 171 Å². The number of anilines is 1. The van der Waals surface area contributed by atoms with Crippen LogP contribution in [0.3, 0.4) is 0 Å². The molecule has 0 aliphatic carbocycles. The van der Waals surface area contributed by atoms with E-state index in [2.05, 4.69) is 15.3 Å². The van der Waals surface area contributed by atoms with E-state index in [0.717, 1.165) is 0 Å². The summed E-state index contributed by atoms with van der Waals surface area (Å²) in [7, 11) is 1.53. The number of aliphatic imine (C=N–C) groups is 1. The van der Waals surface area contributed by atoms with Crippen LogP contribution >= 0.6 is 12.2 Å². The Morgan fingerprint density at radius 3 is 2.66 bits per heavy atom. The molecule has 148 valence electrons. The maximum atomic E-state index is 12.3. The number of carbonyl (C=O) groups is 1. The molecule has 0 saturated heterocycles. The second kappa shape index (κ2) is 8.53. The predicted octanol–water partition coefficient (Wildman–Crippen LogP) is 3.32. The van der Waals surface area contributed by atoms with Crippen LogP contribution in [0.15, 0.2) is 58.3 Å². The summed E-state index contributed by atoms with van der Waals surface area (Å²) in [5.41, 5.74) is 1.08. The van der Waals surface area contributed by atoms with Gasteiger partial charge in [-0.2, -0.15) is 0 Å². The molecule has 9 heteroatoms. The van der Waals surface area contributed by atoms with Crippen LogP contribution in [0, 0.1) is 4.77 Å². The van der Waals surface area contributed by atoms with Crippen molar-refractivity contribution in [2.75, 3.05) is 12.4 Å². The zero-order valence-corrected chi connectivity index (χ0v) is 16.5. The van der Waals surface area contributed by atoms with E-state index in [1.807, 2.05) is 0 Å². The van der Waals surface area contributed by atoms with E-state index in [0.29, 0.717) is 22.8 Å². The molecular weight excluding hydrogens is 392 g/mol. The first-order chi connectivity index (χ1) is 13.9. The number of nitrogens with zero attached hydrogens (tertiary/aromatic N) is 2. The van der Waals surface area contributed by atoms with Crippen molar-refractivity contribution in [1.29, 1.82) is 0 Å². The topological polar surface area (TPSA) is 109 Å². The van der Waals surface area contributed by atoms with Crippen LogP contribution in [-0.4, -0.2) is 33.9 Å². The summed E-state index contributed by atoms with van der Waals surface area (Å²) < 4.78 is 6.55. The molecule has 0 unspecified atom stereocenters. The van der Waals surface area contributed by atoms with Gasteiger partial charge in [-0.05, 0) is 48.6 Å². The monoisotopic (exact) mass is 410 g/mol. The van der Waals surface area contributed by atoms with Crippen molar-refractivity contribution in [3.05, 3.63) is 69.2 Å². The molecule has 0 spiro atoms. The summed E-state index contributed by atoms with van der Waals surface area (Å²) >= 11 is 5.20. The molecule has 29 heavy (non-hydrogen) atoms. The number of H-pyrrole nitrogens is 1. The van der Waals surface area contributed by atoms with Gasteiger partial charge in [-0.15, -0.1) is 0 Å². The highest BCUT2D eigenvalue weighted by molar-refractivity contribution is 7.71. The zero-order chi connectivity index (χ0) is 21.0. The Balaban J connectivity index is 1.99. The first-order valence-corrected chi connectivity index (χ1v) is 8.94. The van der Waals surface area contributed by atoms with Crippen LogP contribution < -0.4 is 15.6 Å². The molecule has 0 fully saturated rings. The van der Waals surface area contributed by atoms with Crippen molar-refractivity contribution >= 4 is 35.7 Å². The maximum Gasteiger partial charge on any atom is 0.264 e. The van der Waals surface area contributed by atoms with Crippen molar-refractivity contribution < 1.29 is 14.6 Å². The number of ether oxygens (including phenoxy) is 1. The van der Waals surface area contributed by atoms with Gasteiger partial charge in [0.15, 0.2) is 4.77 Å². The van der Waals surface area contributed by atoms with Crippen LogP contribution in [0.5, 0.6) is 11.6 Å². The third-order valence-corrected chi connectivity index (χ3v) is 4.25. The normalized spacial score (nSPS) is 10.8. The maximum absolute atomic E-state index is 12.3. The van der Waals surface area contributed by atoms with Gasteiger partial charge >= 0.3 is 0 Å². The van der Waals surface area contributed by atoms with Crippen molar-refractivity contribution in [2.24, 2.45) is 4.99 Å². The van der Waals surface area contributed by atoms with Gasteiger partial charge in [0.2, 0.25) is 11.8 Å². The Bertz CT molecular complexity index is 1200. The SMILES string of the molecule is COc1cccc(-n2c(O)c(C=Nc3ccc(NC(C)=O)cc3)c(=O)[nH]c2=S)c1. The van der Waals surface area contributed by atoms with E-state index < -0.39 is 5.56 Å². The van der Waals surface area contributed by atoms with Crippen molar-refractivity contribution in [3.63, 3.8) is 0 Å². The Kier molecular flexibility index (Phi) is 5.89. The van der Waals surface area contributed by atoms with Gasteiger partial charge in [-0.1, -0.05) is 6.07 Å². The second-order valence-corrected chi connectivity index (χ2v) is 6.41. The molecule has 0 aliphatic rings. The number of methoxy groups -OCH3 is 1. The largest absolute Gasteiger partial charge is 0.497 e.